The van der Waals surface area contributed by atoms with E-state index in [0.717, 1.165) is 17.3 Å². The molecule has 4 N–H and O–H groups in total. The van der Waals surface area contributed by atoms with E-state index in [9.17, 15) is 18.4 Å². The van der Waals surface area contributed by atoms with Gasteiger partial charge in [0.2, 0.25) is 0 Å². The number of amides is 2. The minimum Gasteiger partial charge on any atom is -0.492 e. The van der Waals surface area contributed by atoms with E-state index in [2.05, 4.69) is 30.9 Å². The summed E-state index contributed by atoms with van der Waals surface area (Å²) in [5.41, 5.74) is 3.59. The van der Waals surface area contributed by atoms with Crippen molar-refractivity contribution >= 4 is 35.0 Å². The molecule has 2 atom stereocenters. The highest BCUT2D eigenvalue weighted by Crippen LogP contribution is 2.35. The van der Waals surface area contributed by atoms with Gasteiger partial charge in [0.25, 0.3) is 11.8 Å². The van der Waals surface area contributed by atoms with Crippen LogP contribution in [0.3, 0.4) is 0 Å². The largest absolute Gasteiger partial charge is 0.492 e. The molecule has 2 aliphatic rings. The van der Waals surface area contributed by atoms with Gasteiger partial charge in [-0.2, -0.15) is 0 Å². The molecule has 3 heterocycles. The number of rotatable bonds is 9. The lowest BCUT2D eigenvalue weighted by Gasteiger charge is -2.22. The average Bonchev–Trinajstić information content (AvgIpc) is 3.55. The molecule has 0 saturated heterocycles. The predicted molar refractivity (Wildman–Crippen MR) is 143 cm³/mol. The number of carbonyl (C=O) groups excluding carboxylic acids is 2. The van der Waals surface area contributed by atoms with Crippen molar-refractivity contribution in [3.63, 3.8) is 0 Å². The Labute approximate surface area is 223 Å². The number of nitrogens with one attached hydrogen (secondary N) is 4. The van der Waals surface area contributed by atoms with Gasteiger partial charge < -0.3 is 25.7 Å². The van der Waals surface area contributed by atoms with Crippen molar-refractivity contribution in [2.45, 2.75) is 25.6 Å². The number of nitrogens with zero attached hydrogens (tertiary/aromatic N) is 2. The molecular formula is C28H26F2N6O3. The molecule has 1 aliphatic carbocycles. The smallest absolute Gasteiger partial charge is 0.256 e. The first-order valence-corrected chi connectivity index (χ1v) is 12.4. The lowest BCUT2D eigenvalue weighted by Crippen LogP contribution is -2.35. The van der Waals surface area contributed by atoms with E-state index in [-0.39, 0.29) is 18.9 Å². The van der Waals surface area contributed by atoms with Crippen LogP contribution in [0.1, 0.15) is 35.0 Å². The van der Waals surface area contributed by atoms with Gasteiger partial charge >= 0.3 is 0 Å². The van der Waals surface area contributed by atoms with E-state index in [1.807, 2.05) is 6.07 Å². The van der Waals surface area contributed by atoms with Crippen molar-refractivity contribution in [1.82, 2.24) is 20.3 Å². The zero-order valence-corrected chi connectivity index (χ0v) is 21.0. The second-order valence-corrected chi connectivity index (χ2v) is 9.06. The Bertz CT molecular complexity index is 1480. The first kappa shape index (κ1) is 25.8. The van der Waals surface area contributed by atoms with Crippen molar-refractivity contribution in [3.8, 4) is 5.75 Å². The summed E-state index contributed by atoms with van der Waals surface area (Å²) < 4.78 is 32.9. The normalized spacial score (nSPS) is 18.1. The lowest BCUT2D eigenvalue weighted by atomic mass is 9.97. The second-order valence-electron chi connectivity index (χ2n) is 9.06. The van der Waals surface area contributed by atoms with Gasteiger partial charge in [-0.3, -0.25) is 9.59 Å². The van der Waals surface area contributed by atoms with Gasteiger partial charge in [-0.05, 0) is 48.9 Å². The number of aromatic nitrogens is 3. The van der Waals surface area contributed by atoms with Gasteiger partial charge in [0.15, 0.2) is 6.17 Å². The van der Waals surface area contributed by atoms with Crippen LogP contribution < -0.4 is 20.7 Å². The Morgan fingerprint density at radius 1 is 1.31 bits per heavy atom. The molecule has 0 spiro atoms. The quantitative estimate of drug-likeness (QED) is 0.239. The number of halogens is 2. The van der Waals surface area contributed by atoms with Crippen LogP contribution in [0.5, 0.6) is 5.75 Å². The third-order valence-corrected chi connectivity index (χ3v) is 6.38. The van der Waals surface area contributed by atoms with Crippen LogP contribution in [0, 0.1) is 0 Å². The monoisotopic (exact) mass is 532 g/mol. The SMILES string of the molecule is C[C@H](NC(=O)c1cccnc1NCCOc1ccc2c(c1)NC(=O)/C2=C\c1cnc[nH]1)C1=CC=C(F)C(F)C1. The Balaban J connectivity index is 1.16. The molecule has 0 fully saturated rings. The van der Waals surface area contributed by atoms with Gasteiger partial charge in [-0.1, -0.05) is 6.08 Å². The molecule has 1 aliphatic heterocycles. The third kappa shape index (κ3) is 5.87. The molecule has 2 amide bonds. The van der Waals surface area contributed by atoms with Gasteiger partial charge in [-0.15, -0.1) is 0 Å². The number of hydrogen-bond donors (Lipinski definition) is 4. The molecule has 11 heteroatoms. The van der Waals surface area contributed by atoms with Gasteiger partial charge in [-0.25, -0.2) is 18.7 Å². The number of carbonyl (C=O) groups is 2. The molecule has 0 radical (unpaired) electrons. The number of imidazole rings is 1. The number of fused-ring (bicyclic) bond motifs is 1. The van der Waals surface area contributed by atoms with Crippen LogP contribution in [0.4, 0.5) is 20.3 Å². The van der Waals surface area contributed by atoms with Crippen molar-refractivity contribution in [1.29, 1.82) is 0 Å². The molecule has 5 rings (SSSR count). The lowest BCUT2D eigenvalue weighted by molar-refractivity contribution is -0.110. The van der Waals surface area contributed by atoms with Crippen molar-refractivity contribution < 1.29 is 23.1 Å². The van der Waals surface area contributed by atoms with E-state index in [4.69, 9.17) is 4.74 Å². The topological polar surface area (TPSA) is 121 Å². The van der Waals surface area contributed by atoms with Crippen LogP contribution in [0.15, 0.2) is 72.6 Å². The summed E-state index contributed by atoms with van der Waals surface area (Å²) in [6, 6.07) is 8.14. The molecule has 1 unspecified atom stereocenters. The number of hydrogen-bond acceptors (Lipinski definition) is 6. The number of allylic oxidation sites excluding steroid dienone is 3. The van der Waals surface area contributed by atoms with Crippen LogP contribution >= 0.6 is 0 Å². The summed E-state index contributed by atoms with van der Waals surface area (Å²) >= 11 is 0. The predicted octanol–water partition coefficient (Wildman–Crippen LogP) is 4.43. The maximum atomic E-state index is 13.7. The van der Waals surface area contributed by atoms with Crippen LogP contribution in [0.2, 0.25) is 0 Å². The summed E-state index contributed by atoms with van der Waals surface area (Å²) in [5, 5.41) is 8.77. The minimum atomic E-state index is -1.69. The fourth-order valence-corrected chi connectivity index (χ4v) is 4.33. The first-order chi connectivity index (χ1) is 18.9. The van der Waals surface area contributed by atoms with Gasteiger partial charge in [0.1, 0.15) is 24.0 Å². The Morgan fingerprint density at radius 3 is 2.97 bits per heavy atom. The van der Waals surface area contributed by atoms with Crippen LogP contribution in [-0.2, 0) is 4.79 Å². The molecule has 0 saturated carbocycles. The van der Waals surface area contributed by atoms with E-state index < -0.39 is 23.9 Å². The van der Waals surface area contributed by atoms with Crippen molar-refractivity contribution in [2.24, 2.45) is 0 Å². The van der Waals surface area contributed by atoms with E-state index in [0.29, 0.717) is 40.5 Å². The number of aromatic amines is 1. The van der Waals surface area contributed by atoms with Crippen molar-refractivity contribution in [3.05, 3.63) is 89.4 Å². The van der Waals surface area contributed by atoms with Crippen LogP contribution in [-0.4, -0.2) is 52.1 Å². The zero-order valence-electron chi connectivity index (χ0n) is 21.0. The third-order valence-electron chi connectivity index (χ3n) is 6.38. The molecule has 200 valence electrons. The first-order valence-electron chi connectivity index (χ1n) is 12.4. The summed E-state index contributed by atoms with van der Waals surface area (Å²) in [4.78, 5) is 36.5. The molecule has 1 aromatic carbocycles. The standard InChI is InChI=1S/C28H26F2N6O3/c1-16(17-4-7-23(29)24(30)11-17)35-27(37)21-3-2-8-32-26(21)33-9-10-39-19-5-6-20-22(12-18-14-31-15-34-18)28(38)36-25(20)13-19/h2-8,12-16,24H,9-11H2,1H3,(H,31,34)(H,32,33)(H,35,37)(H,36,38)/b22-12-/t16-,24?/m0/s1. The highest BCUT2D eigenvalue weighted by Gasteiger charge is 2.25. The van der Waals surface area contributed by atoms with E-state index >= 15 is 0 Å². The minimum absolute atomic E-state index is 0.104. The Kier molecular flexibility index (Phi) is 7.48. The highest BCUT2D eigenvalue weighted by atomic mass is 19.2. The van der Waals surface area contributed by atoms with Gasteiger partial charge in [0.05, 0.1) is 41.6 Å². The number of anilines is 2. The molecule has 0 bridgehead atoms. The fourth-order valence-electron chi connectivity index (χ4n) is 4.33. The number of ether oxygens (including phenoxy) is 1. The Hall–Kier alpha value is -4.80. The zero-order chi connectivity index (χ0) is 27.4. The fraction of sp³-hybridized carbons (Fsp3) is 0.214. The second kappa shape index (κ2) is 11.3. The van der Waals surface area contributed by atoms with E-state index in [1.165, 1.54) is 6.08 Å². The molecule has 39 heavy (non-hydrogen) atoms. The number of pyridine rings is 1. The van der Waals surface area contributed by atoms with Gasteiger partial charge in [0, 0.05) is 30.3 Å². The molecule has 9 nitrogen and oxygen atoms in total. The number of alkyl halides is 1. The maximum absolute atomic E-state index is 13.7. The summed E-state index contributed by atoms with van der Waals surface area (Å²) in [6.07, 6.45) is 7.27. The molecular weight excluding hydrogens is 506 g/mol. The van der Waals surface area contributed by atoms with E-state index in [1.54, 1.807) is 56.0 Å². The molecule has 2 aromatic heterocycles. The number of benzene rings is 1. The summed E-state index contributed by atoms with van der Waals surface area (Å²) in [6.45, 7) is 2.33. The maximum Gasteiger partial charge on any atom is 0.256 e. The number of H-pyrrole nitrogens is 1. The summed E-state index contributed by atoms with van der Waals surface area (Å²) in [7, 11) is 0. The Morgan fingerprint density at radius 2 is 2.18 bits per heavy atom. The highest BCUT2D eigenvalue weighted by molar-refractivity contribution is 6.34. The van der Waals surface area contributed by atoms with Crippen molar-refractivity contribution in [2.75, 3.05) is 23.8 Å². The summed E-state index contributed by atoms with van der Waals surface area (Å²) in [5.74, 6) is -0.466. The van der Waals surface area contributed by atoms with Crippen LogP contribution in [0.25, 0.3) is 11.6 Å². The average molecular weight is 533 g/mol. The molecule has 3 aromatic rings.